The molecule has 0 saturated carbocycles. The van der Waals surface area contributed by atoms with E-state index in [9.17, 15) is 0 Å². The molecular formula is C21H39ClNNaO3S2. The summed E-state index contributed by atoms with van der Waals surface area (Å²) in [4.78, 5) is 0. The van der Waals surface area contributed by atoms with Crippen LogP contribution in [-0.2, 0) is 26.8 Å². The Balaban J connectivity index is -0.000000860. The molecule has 1 aromatic carbocycles. The van der Waals surface area contributed by atoms with Gasteiger partial charge < -0.3 is 13.6 Å². The number of benzene rings is 1. The first-order valence-electron chi connectivity index (χ1n) is 10.2. The molecule has 0 unspecified atom stereocenters. The Morgan fingerprint density at radius 3 is 1.66 bits per heavy atom. The van der Waals surface area contributed by atoms with Gasteiger partial charge in [0, 0.05) is 5.56 Å². The van der Waals surface area contributed by atoms with Gasteiger partial charge in [-0.25, -0.2) is 0 Å². The zero-order valence-corrected chi connectivity index (χ0v) is 23.2. The van der Waals surface area contributed by atoms with Crippen LogP contribution in [0.5, 0.6) is 0 Å². The first-order valence-corrected chi connectivity index (χ1v) is 12.5. The summed E-state index contributed by atoms with van der Waals surface area (Å²) in [6.07, 6.45) is 14.2. The van der Waals surface area contributed by atoms with Crippen LogP contribution in [0.1, 0.15) is 76.7 Å². The minimum Gasteiger partial charge on any atom is -0.780 e. The predicted molar refractivity (Wildman–Crippen MR) is 123 cm³/mol. The van der Waals surface area contributed by atoms with E-state index in [4.69, 9.17) is 13.3 Å². The SMILES string of the molecule is CCCCCCCCCCCC[N+](C)(C)Cc1ccccc1.Cl.O=S([O-])([O-])=S.[Na+]. The van der Waals surface area contributed by atoms with Crippen LogP contribution in [0.2, 0.25) is 0 Å². The van der Waals surface area contributed by atoms with Gasteiger partial charge >= 0.3 is 29.6 Å². The zero-order valence-electron chi connectivity index (χ0n) is 18.8. The molecule has 0 heterocycles. The van der Waals surface area contributed by atoms with Crippen LogP contribution in [0, 0.1) is 0 Å². The molecule has 1 aromatic rings. The van der Waals surface area contributed by atoms with E-state index in [1.54, 1.807) is 0 Å². The molecule has 0 aliphatic heterocycles. The fraction of sp³-hybridized carbons (Fsp3) is 0.714. The molecular weight excluding hydrogens is 437 g/mol. The van der Waals surface area contributed by atoms with Gasteiger partial charge in [0.2, 0.25) is 0 Å². The van der Waals surface area contributed by atoms with Gasteiger partial charge in [-0.2, -0.15) is 0 Å². The maximum Gasteiger partial charge on any atom is 1.00 e. The number of unbranched alkanes of at least 4 members (excludes halogenated alkanes) is 9. The molecule has 0 bridgehead atoms. The number of halogens is 1. The Morgan fingerprint density at radius 2 is 1.24 bits per heavy atom. The Hall–Kier alpha value is 0.760. The Kier molecular flexibility index (Phi) is 24.5. The molecule has 0 aliphatic carbocycles. The van der Waals surface area contributed by atoms with E-state index in [1.165, 1.54) is 76.3 Å². The molecule has 8 heteroatoms. The molecule has 0 amide bonds. The molecule has 0 spiro atoms. The predicted octanol–water partition coefficient (Wildman–Crippen LogP) is 2.60. The minimum absolute atomic E-state index is 0. The van der Waals surface area contributed by atoms with E-state index in [0.717, 1.165) is 11.0 Å². The molecule has 0 fully saturated rings. The van der Waals surface area contributed by atoms with Gasteiger partial charge in [0.05, 0.1) is 20.6 Å². The van der Waals surface area contributed by atoms with E-state index in [-0.39, 0.29) is 42.0 Å². The zero-order chi connectivity index (χ0) is 20.6. The normalized spacial score (nSPS) is 10.9. The Bertz CT molecular complexity index is 565. The van der Waals surface area contributed by atoms with Crippen LogP contribution >= 0.6 is 12.4 Å². The fourth-order valence-corrected chi connectivity index (χ4v) is 3.18. The van der Waals surface area contributed by atoms with Crippen LogP contribution < -0.4 is 29.6 Å². The summed E-state index contributed by atoms with van der Waals surface area (Å²) in [5.41, 5.74) is 1.46. The molecule has 0 saturated heterocycles. The Labute approximate surface area is 212 Å². The Morgan fingerprint density at radius 1 is 0.862 bits per heavy atom. The number of quaternary nitrogens is 1. The largest absolute Gasteiger partial charge is 1.00 e. The van der Waals surface area contributed by atoms with Crippen molar-refractivity contribution in [1.29, 1.82) is 0 Å². The van der Waals surface area contributed by atoms with Crippen molar-refractivity contribution in [3.05, 3.63) is 35.9 Å². The summed E-state index contributed by atoms with van der Waals surface area (Å²) in [5.74, 6) is 0. The monoisotopic (exact) mass is 475 g/mol. The topological polar surface area (TPSA) is 63.2 Å². The average Bonchev–Trinajstić information content (AvgIpc) is 2.55. The number of rotatable bonds is 13. The summed E-state index contributed by atoms with van der Waals surface area (Å²) in [5, 5.41) is 0. The van der Waals surface area contributed by atoms with Crippen molar-refractivity contribution in [2.45, 2.75) is 77.7 Å². The minimum atomic E-state index is -4.33. The third-order valence-corrected chi connectivity index (χ3v) is 4.57. The quantitative estimate of drug-likeness (QED) is 0.250. The molecule has 0 radical (unpaired) electrons. The van der Waals surface area contributed by atoms with Crippen molar-refractivity contribution in [3.8, 4) is 0 Å². The van der Waals surface area contributed by atoms with E-state index >= 15 is 0 Å². The van der Waals surface area contributed by atoms with Crippen molar-refractivity contribution >= 4 is 32.6 Å². The number of nitrogens with zero attached hydrogens (tertiary/aromatic N) is 1. The van der Waals surface area contributed by atoms with Crippen molar-refractivity contribution in [1.82, 2.24) is 0 Å². The first kappa shape index (κ1) is 34.4. The molecule has 0 aliphatic rings. The van der Waals surface area contributed by atoms with Crippen molar-refractivity contribution in [2.75, 3.05) is 20.6 Å². The second-order valence-corrected chi connectivity index (χ2v) is 9.93. The first-order chi connectivity index (χ1) is 12.6. The van der Waals surface area contributed by atoms with Crippen LogP contribution in [-0.4, -0.2) is 38.4 Å². The van der Waals surface area contributed by atoms with Crippen LogP contribution in [0.3, 0.4) is 0 Å². The van der Waals surface area contributed by atoms with Crippen LogP contribution in [0.4, 0.5) is 0 Å². The van der Waals surface area contributed by atoms with Gasteiger partial charge in [0.1, 0.15) is 6.54 Å². The van der Waals surface area contributed by atoms with Gasteiger partial charge in [-0.05, 0) is 24.0 Å². The second-order valence-electron chi connectivity index (χ2n) is 7.89. The van der Waals surface area contributed by atoms with Gasteiger partial charge in [-0.3, -0.25) is 4.21 Å². The van der Waals surface area contributed by atoms with Gasteiger partial charge in [0.25, 0.3) is 0 Å². The molecule has 0 N–H and O–H groups in total. The van der Waals surface area contributed by atoms with Gasteiger partial charge in [0.15, 0.2) is 0 Å². The maximum atomic E-state index is 8.89. The van der Waals surface area contributed by atoms with Crippen molar-refractivity contribution in [3.63, 3.8) is 0 Å². The maximum absolute atomic E-state index is 8.89. The molecule has 4 nitrogen and oxygen atoms in total. The van der Waals surface area contributed by atoms with E-state index < -0.39 is 9.05 Å². The smallest absolute Gasteiger partial charge is 0.780 e. The van der Waals surface area contributed by atoms with Crippen LogP contribution in [0.15, 0.2) is 30.3 Å². The molecule has 0 atom stereocenters. The second kappa shape index (κ2) is 20.7. The van der Waals surface area contributed by atoms with Gasteiger partial charge in [-0.15, -0.1) is 21.5 Å². The van der Waals surface area contributed by atoms with E-state index in [1.807, 2.05) is 0 Å². The standard InChI is InChI=1S/C21H38N.ClH.Na.H2O3S2/c1-4-5-6-7-8-9-10-11-12-16-19-22(2,3)20-21-17-14-13-15-18-21;;;1-5(2,3)4/h13-15,17-18H,4-12,16,19-20H2,1-3H3;1H;;(H2,1,2,3,4)/q+1;;+1;/p-2. The summed E-state index contributed by atoms with van der Waals surface area (Å²) in [6, 6.07) is 10.9. The summed E-state index contributed by atoms with van der Waals surface area (Å²) in [7, 11) is 0.390. The third-order valence-electron chi connectivity index (χ3n) is 4.57. The van der Waals surface area contributed by atoms with E-state index in [2.05, 4.69) is 62.5 Å². The summed E-state index contributed by atoms with van der Waals surface area (Å²) in [6.45, 7) is 4.74. The summed E-state index contributed by atoms with van der Waals surface area (Å²) >= 11 is 3.24. The molecule has 166 valence electrons. The molecule has 1 rings (SSSR count). The van der Waals surface area contributed by atoms with Gasteiger partial charge in [-0.1, -0.05) is 88.6 Å². The summed E-state index contributed by atoms with van der Waals surface area (Å²) < 4.78 is 27.8. The van der Waals surface area contributed by atoms with Crippen LogP contribution in [0.25, 0.3) is 0 Å². The van der Waals surface area contributed by atoms with E-state index in [0.29, 0.717) is 0 Å². The number of hydrogen-bond acceptors (Lipinski definition) is 4. The average molecular weight is 476 g/mol. The van der Waals surface area contributed by atoms with Crippen molar-refractivity contribution < 1.29 is 47.4 Å². The van der Waals surface area contributed by atoms with Crippen molar-refractivity contribution in [2.24, 2.45) is 0 Å². The molecule has 29 heavy (non-hydrogen) atoms. The fourth-order valence-electron chi connectivity index (χ4n) is 3.18. The number of hydrogen-bond donors (Lipinski definition) is 0. The third kappa shape index (κ3) is 28.8. The molecule has 0 aromatic heterocycles.